The standard InChI is InChI=1S/C30H31F3N4O2/c31-30(32,33)25-13-19(7-9-34)14-26(17-25)36-29(39)23-6-3-21-2-1-18(12-24(21)16-23)11-20-8-10-35-27(15-20)37-28(38)22-4-5-22/h1-2,8,10,12-15,17,22-23H,3-7,9,11,16,34H2,(H,36,39)(H,35,37,38). The highest BCUT2D eigenvalue weighted by Gasteiger charge is 2.32. The van der Waals surface area contributed by atoms with Crippen molar-refractivity contribution in [1.82, 2.24) is 4.98 Å². The van der Waals surface area contributed by atoms with Crippen molar-refractivity contribution in [1.29, 1.82) is 0 Å². The predicted octanol–water partition coefficient (Wildman–Crippen LogP) is 5.28. The third-order valence-corrected chi connectivity index (χ3v) is 7.32. The Labute approximate surface area is 225 Å². The maximum atomic E-state index is 13.4. The van der Waals surface area contributed by atoms with Gasteiger partial charge in [0.15, 0.2) is 0 Å². The molecule has 1 fully saturated rings. The lowest BCUT2D eigenvalue weighted by Gasteiger charge is -2.25. The Kier molecular flexibility index (Phi) is 7.70. The normalized spacial score (nSPS) is 16.9. The second-order valence-corrected chi connectivity index (χ2v) is 10.5. The Morgan fingerprint density at radius 2 is 1.64 bits per heavy atom. The molecule has 0 spiro atoms. The van der Waals surface area contributed by atoms with E-state index in [1.807, 2.05) is 12.1 Å². The molecule has 0 saturated heterocycles. The summed E-state index contributed by atoms with van der Waals surface area (Å²) in [6, 6.07) is 13.7. The highest BCUT2D eigenvalue weighted by atomic mass is 19.4. The van der Waals surface area contributed by atoms with Crippen molar-refractivity contribution in [2.45, 2.75) is 51.1 Å². The van der Waals surface area contributed by atoms with Crippen LogP contribution in [0.5, 0.6) is 0 Å². The minimum Gasteiger partial charge on any atom is -0.330 e. The van der Waals surface area contributed by atoms with Gasteiger partial charge in [-0.1, -0.05) is 18.2 Å². The summed E-state index contributed by atoms with van der Waals surface area (Å²) in [6.45, 7) is 0.215. The van der Waals surface area contributed by atoms with Gasteiger partial charge in [-0.3, -0.25) is 9.59 Å². The van der Waals surface area contributed by atoms with Gasteiger partial charge in [0, 0.05) is 23.7 Å². The molecular weight excluding hydrogens is 505 g/mol. The summed E-state index contributed by atoms with van der Waals surface area (Å²) in [5.41, 5.74) is 9.66. The molecule has 4 N–H and O–H groups in total. The van der Waals surface area contributed by atoms with Crippen molar-refractivity contribution in [3.8, 4) is 0 Å². The maximum Gasteiger partial charge on any atom is 0.416 e. The first-order chi connectivity index (χ1) is 18.7. The van der Waals surface area contributed by atoms with Gasteiger partial charge in [-0.25, -0.2) is 4.98 Å². The van der Waals surface area contributed by atoms with Gasteiger partial charge in [0.05, 0.1) is 5.56 Å². The third-order valence-electron chi connectivity index (χ3n) is 7.32. The first-order valence-corrected chi connectivity index (χ1v) is 13.3. The first kappa shape index (κ1) is 26.9. The van der Waals surface area contributed by atoms with Crippen molar-refractivity contribution in [3.63, 3.8) is 0 Å². The van der Waals surface area contributed by atoms with Crippen molar-refractivity contribution in [3.05, 3.63) is 88.1 Å². The number of pyridine rings is 1. The molecule has 2 aromatic carbocycles. The SMILES string of the molecule is NCCc1cc(NC(=O)C2CCc3ccc(Cc4ccnc(NC(=O)C5CC5)c4)cc3C2)cc(C(F)(F)F)c1. The maximum absolute atomic E-state index is 13.4. The Hall–Kier alpha value is -3.72. The molecule has 0 aliphatic heterocycles. The van der Waals surface area contributed by atoms with Crippen LogP contribution >= 0.6 is 0 Å². The molecule has 6 nitrogen and oxygen atoms in total. The van der Waals surface area contributed by atoms with Gasteiger partial charge in [-0.15, -0.1) is 0 Å². The van der Waals surface area contributed by atoms with E-state index in [0.717, 1.165) is 48.1 Å². The number of fused-ring (bicyclic) bond motifs is 1. The number of aryl methyl sites for hydroxylation is 1. The monoisotopic (exact) mass is 536 g/mol. The molecule has 1 unspecified atom stereocenters. The van der Waals surface area contributed by atoms with Crippen LogP contribution in [-0.2, 0) is 41.4 Å². The Morgan fingerprint density at radius 1 is 0.872 bits per heavy atom. The largest absolute Gasteiger partial charge is 0.416 e. The van der Waals surface area contributed by atoms with Gasteiger partial charge in [0.2, 0.25) is 11.8 Å². The second kappa shape index (κ2) is 11.2. The van der Waals surface area contributed by atoms with Gasteiger partial charge < -0.3 is 16.4 Å². The number of amides is 2. The molecule has 5 rings (SSSR count). The van der Waals surface area contributed by atoms with Crippen LogP contribution in [0.4, 0.5) is 24.7 Å². The molecule has 1 aromatic heterocycles. The minimum absolute atomic E-state index is 0.0125. The number of alkyl halides is 3. The molecular formula is C30H31F3N4O2. The molecule has 3 aromatic rings. The van der Waals surface area contributed by atoms with E-state index in [2.05, 4.69) is 33.8 Å². The number of halogens is 3. The van der Waals surface area contributed by atoms with Crippen molar-refractivity contribution in [2.24, 2.45) is 17.6 Å². The molecule has 1 saturated carbocycles. The number of carbonyl (C=O) groups excluding carboxylic acids is 2. The summed E-state index contributed by atoms with van der Waals surface area (Å²) in [5.74, 6) is 0.0317. The van der Waals surface area contributed by atoms with E-state index in [4.69, 9.17) is 5.73 Å². The molecule has 2 aliphatic carbocycles. The minimum atomic E-state index is -4.51. The van der Waals surface area contributed by atoms with Crippen LogP contribution in [0.3, 0.4) is 0 Å². The molecule has 2 amide bonds. The van der Waals surface area contributed by atoms with Crippen LogP contribution in [-0.4, -0.2) is 23.3 Å². The van der Waals surface area contributed by atoms with Crippen molar-refractivity contribution in [2.75, 3.05) is 17.2 Å². The van der Waals surface area contributed by atoms with Crippen LogP contribution in [0.15, 0.2) is 54.7 Å². The lowest BCUT2D eigenvalue weighted by molar-refractivity contribution is -0.137. The van der Waals surface area contributed by atoms with E-state index in [1.165, 1.54) is 5.56 Å². The van der Waals surface area contributed by atoms with Crippen LogP contribution in [0.1, 0.15) is 52.6 Å². The third kappa shape index (κ3) is 6.84. The fourth-order valence-electron chi connectivity index (χ4n) is 5.09. The average Bonchev–Trinajstić information content (AvgIpc) is 3.74. The molecule has 0 bridgehead atoms. The lowest BCUT2D eigenvalue weighted by atomic mass is 9.82. The number of aromatic nitrogens is 1. The average molecular weight is 537 g/mol. The van der Waals surface area contributed by atoms with E-state index < -0.39 is 11.7 Å². The summed E-state index contributed by atoms with van der Waals surface area (Å²) >= 11 is 0. The Morgan fingerprint density at radius 3 is 2.38 bits per heavy atom. The van der Waals surface area contributed by atoms with E-state index in [-0.39, 0.29) is 42.3 Å². The second-order valence-electron chi connectivity index (χ2n) is 10.5. The van der Waals surface area contributed by atoms with Gasteiger partial charge in [0.25, 0.3) is 0 Å². The molecule has 0 radical (unpaired) electrons. The quantitative estimate of drug-likeness (QED) is 0.365. The van der Waals surface area contributed by atoms with Gasteiger partial charge >= 0.3 is 6.18 Å². The smallest absolute Gasteiger partial charge is 0.330 e. The van der Waals surface area contributed by atoms with Crippen LogP contribution in [0.25, 0.3) is 0 Å². The zero-order valence-corrected chi connectivity index (χ0v) is 21.5. The fraction of sp³-hybridized carbons (Fsp3) is 0.367. The lowest BCUT2D eigenvalue weighted by Crippen LogP contribution is -2.28. The van der Waals surface area contributed by atoms with Crippen LogP contribution in [0, 0.1) is 11.8 Å². The van der Waals surface area contributed by atoms with E-state index in [1.54, 1.807) is 12.3 Å². The van der Waals surface area contributed by atoms with E-state index in [9.17, 15) is 22.8 Å². The molecule has 9 heteroatoms. The number of nitrogens with one attached hydrogen (secondary N) is 2. The summed E-state index contributed by atoms with van der Waals surface area (Å²) < 4.78 is 40.2. The number of nitrogens with two attached hydrogens (primary N) is 1. The number of benzene rings is 2. The fourth-order valence-corrected chi connectivity index (χ4v) is 5.09. The number of hydrogen-bond donors (Lipinski definition) is 3. The topological polar surface area (TPSA) is 97.1 Å². The first-order valence-electron chi connectivity index (χ1n) is 13.3. The number of hydrogen-bond acceptors (Lipinski definition) is 4. The molecule has 2 aliphatic rings. The summed E-state index contributed by atoms with van der Waals surface area (Å²) in [4.78, 5) is 29.4. The summed E-state index contributed by atoms with van der Waals surface area (Å²) in [6.07, 6.45) is 1.83. The van der Waals surface area contributed by atoms with Crippen LogP contribution < -0.4 is 16.4 Å². The predicted molar refractivity (Wildman–Crippen MR) is 143 cm³/mol. The number of nitrogens with zero attached hydrogens (tertiary/aromatic N) is 1. The van der Waals surface area contributed by atoms with Crippen molar-refractivity contribution < 1.29 is 22.8 Å². The summed E-state index contributed by atoms with van der Waals surface area (Å²) in [7, 11) is 0. The van der Waals surface area contributed by atoms with Crippen molar-refractivity contribution >= 4 is 23.3 Å². The highest BCUT2D eigenvalue weighted by molar-refractivity contribution is 5.93. The number of rotatable bonds is 8. The van der Waals surface area contributed by atoms with Gasteiger partial charge in [-0.05, 0) is 110 Å². The van der Waals surface area contributed by atoms with Gasteiger partial charge in [-0.2, -0.15) is 13.2 Å². The molecule has 1 atom stereocenters. The van der Waals surface area contributed by atoms with Gasteiger partial charge in [0.1, 0.15) is 5.82 Å². The number of carbonyl (C=O) groups is 2. The molecule has 1 heterocycles. The zero-order chi connectivity index (χ0) is 27.6. The molecule has 39 heavy (non-hydrogen) atoms. The zero-order valence-electron chi connectivity index (χ0n) is 21.5. The van der Waals surface area contributed by atoms with Crippen LogP contribution in [0.2, 0.25) is 0 Å². The molecule has 204 valence electrons. The Bertz CT molecular complexity index is 1380. The summed E-state index contributed by atoms with van der Waals surface area (Å²) in [5, 5.41) is 5.60. The Balaban J connectivity index is 1.26. The number of anilines is 2. The van der Waals surface area contributed by atoms with E-state index in [0.29, 0.717) is 30.6 Å². The van der Waals surface area contributed by atoms with E-state index >= 15 is 0 Å². The highest BCUT2D eigenvalue weighted by Crippen LogP contribution is 2.33.